The highest BCUT2D eigenvalue weighted by Gasteiger charge is 2.28. The zero-order valence-electron chi connectivity index (χ0n) is 18.3. The number of benzene rings is 2. The molecule has 7 nitrogen and oxygen atoms in total. The maximum Gasteiger partial charge on any atom is 0.407 e. The van der Waals surface area contributed by atoms with Gasteiger partial charge in [-0.05, 0) is 36.1 Å². The standard InChI is InChI=1S/C25H28N2O5/c1-17(2)27(15-13-24(29)30)23(28)12-7-14-26-25(31)32-16-22-20-10-5-3-8-18(20)19-9-4-6-11-21(19)22/h3-12,17,22H,13-16H2,1-2H3,(H,26,31)(H,29,30)/b12-7+. The summed E-state index contributed by atoms with van der Waals surface area (Å²) in [6, 6.07) is 16.1. The van der Waals surface area contributed by atoms with Gasteiger partial charge in [0.05, 0.1) is 6.42 Å². The van der Waals surface area contributed by atoms with Crippen molar-refractivity contribution in [1.29, 1.82) is 0 Å². The van der Waals surface area contributed by atoms with E-state index in [4.69, 9.17) is 9.84 Å². The second-order valence-electron chi connectivity index (χ2n) is 7.88. The fourth-order valence-corrected chi connectivity index (χ4v) is 3.89. The number of hydrogen-bond donors (Lipinski definition) is 2. The first-order valence-electron chi connectivity index (χ1n) is 10.7. The minimum Gasteiger partial charge on any atom is -0.481 e. The van der Waals surface area contributed by atoms with Crippen LogP contribution in [0.2, 0.25) is 0 Å². The van der Waals surface area contributed by atoms with E-state index in [2.05, 4.69) is 29.6 Å². The molecular formula is C25H28N2O5. The first-order valence-corrected chi connectivity index (χ1v) is 10.7. The van der Waals surface area contributed by atoms with Gasteiger partial charge in [0.1, 0.15) is 6.61 Å². The summed E-state index contributed by atoms with van der Waals surface area (Å²) in [5, 5.41) is 11.4. The van der Waals surface area contributed by atoms with Crippen LogP contribution >= 0.6 is 0 Å². The molecule has 2 aromatic carbocycles. The Kier molecular flexibility index (Phi) is 7.65. The SMILES string of the molecule is CC(C)N(CCC(=O)O)C(=O)/C=C/CNC(=O)OCC1c2ccccc2-c2ccccc21. The summed E-state index contributed by atoms with van der Waals surface area (Å²) in [4.78, 5) is 36.7. The molecule has 0 fully saturated rings. The minimum absolute atomic E-state index is 0.0147. The molecule has 0 atom stereocenters. The predicted octanol–water partition coefficient (Wildman–Crippen LogP) is 3.79. The average Bonchev–Trinajstić information content (AvgIpc) is 3.09. The fourth-order valence-electron chi connectivity index (χ4n) is 3.89. The number of alkyl carbamates (subject to hydrolysis) is 1. The van der Waals surface area contributed by atoms with E-state index in [0.29, 0.717) is 0 Å². The minimum atomic E-state index is -0.954. The van der Waals surface area contributed by atoms with Crippen molar-refractivity contribution in [2.75, 3.05) is 19.7 Å². The van der Waals surface area contributed by atoms with Crippen molar-refractivity contribution in [2.24, 2.45) is 0 Å². The van der Waals surface area contributed by atoms with Gasteiger partial charge in [-0.2, -0.15) is 0 Å². The van der Waals surface area contributed by atoms with Gasteiger partial charge in [-0.15, -0.1) is 0 Å². The van der Waals surface area contributed by atoms with Gasteiger partial charge in [-0.25, -0.2) is 4.79 Å². The molecule has 1 aliphatic carbocycles. The molecule has 0 spiro atoms. The Morgan fingerprint density at radius 1 is 1.06 bits per heavy atom. The molecule has 2 N–H and O–H groups in total. The summed E-state index contributed by atoms with van der Waals surface area (Å²) >= 11 is 0. The summed E-state index contributed by atoms with van der Waals surface area (Å²) < 4.78 is 5.45. The van der Waals surface area contributed by atoms with Crippen LogP contribution in [0.5, 0.6) is 0 Å². The van der Waals surface area contributed by atoms with Gasteiger partial charge in [0.25, 0.3) is 0 Å². The van der Waals surface area contributed by atoms with Crippen molar-refractivity contribution in [3.8, 4) is 11.1 Å². The lowest BCUT2D eigenvalue weighted by atomic mass is 9.98. The van der Waals surface area contributed by atoms with Crippen LogP contribution in [-0.4, -0.2) is 53.7 Å². The van der Waals surface area contributed by atoms with Gasteiger partial charge >= 0.3 is 12.1 Å². The number of rotatable bonds is 9. The molecule has 0 saturated heterocycles. The molecule has 2 amide bonds. The summed E-state index contributed by atoms with van der Waals surface area (Å²) in [7, 11) is 0. The van der Waals surface area contributed by atoms with Crippen LogP contribution in [0.15, 0.2) is 60.7 Å². The van der Waals surface area contributed by atoms with Crippen molar-refractivity contribution in [3.63, 3.8) is 0 Å². The number of amides is 2. The van der Waals surface area contributed by atoms with Crippen LogP contribution in [-0.2, 0) is 14.3 Å². The molecule has 0 bridgehead atoms. The topological polar surface area (TPSA) is 95.9 Å². The maximum atomic E-state index is 12.3. The first kappa shape index (κ1) is 23.1. The molecule has 3 rings (SSSR count). The molecule has 2 aromatic rings. The zero-order valence-corrected chi connectivity index (χ0v) is 18.3. The maximum absolute atomic E-state index is 12.3. The van der Waals surface area contributed by atoms with Crippen molar-refractivity contribution in [1.82, 2.24) is 10.2 Å². The Labute approximate surface area is 187 Å². The summed E-state index contributed by atoms with van der Waals surface area (Å²) in [5.74, 6) is -1.26. The van der Waals surface area contributed by atoms with E-state index in [1.54, 1.807) is 0 Å². The van der Waals surface area contributed by atoms with Gasteiger partial charge in [0, 0.05) is 31.1 Å². The van der Waals surface area contributed by atoms with E-state index in [1.165, 1.54) is 17.1 Å². The number of fused-ring (bicyclic) bond motifs is 3. The van der Waals surface area contributed by atoms with Crippen molar-refractivity contribution in [2.45, 2.75) is 32.2 Å². The fraction of sp³-hybridized carbons (Fsp3) is 0.320. The van der Waals surface area contributed by atoms with Gasteiger partial charge in [0.15, 0.2) is 0 Å². The van der Waals surface area contributed by atoms with Crippen LogP contribution in [0.25, 0.3) is 11.1 Å². The second kappa shape index (κ2) is 10.6. The Bertz CT molecular complexity index is 969. The normalized spacial score (nSPS) is 12.5. The quantitative estimate of drug-likeness (QED) is 0.583. The molecule has 0 heterocycles. The van der Waals surface area contributed by atoms with E-state index < -0.39 is 12.1 Å². The number of carbonyl (C=O) groups is 3. The lowest BCUT2D eigenvalue weighted by molar-refractivity contribution is -0.138. The van der Waals surface area contributed by atoms with Crippen molar-refractivity contribution >= 4 is 18.0 Å². The third-order valence-electron chi connectivity index (χ3n) is 5.44. The number of carboxylic acid groups (broad SMARTS) is 1. The number of ether oxygens (including phenoxy) is 1. The van der Waals surface area contributed by atoms with Crippen LogP contribution in [0.4, 0.5) is 4.79 Å². The molecule has 0 aliphatic heterocycles. The summed E-state index contributed by atoms with van der Waals surface area (Å²) in [6.45, 7) is 4.13. The monoisotopic (exact) mass is 436 g/mol. The van der Waals surface area contributed by atoms with Gasteiger partial charge < -0.3 is 20.1 Å². The molecule has 7 heteroatoms. The largest absolute Gasteiger partial charge is 0.481 e. The Morgan fingerprint density at radius 2 is 1.66 bits per heavy atom. The van der Waals surface area contributed by atoms with E-state index in [9.17, 15) is 14.4 Å². The molecule has 0 radical (unpaired) electrons. The highest BCUT2D eigenvalue weighted by atomic mass is 16.5. The van der Waals surface area contributed by atoms with E-state index in [1.807, 2.05) is 38.1 Å². The zero-order chi connectivity index (χ0) is 23.1. The number of nitrogens with one attached hydrogen (secondary N) is 1. The first-order chi connectivity index (χ1) is 15.4. The number of carbonyl (C=O) groups excluding carboxylic acids is 2. The molecule has 32 heavy (non-hydrogen) atoms. The van der Waals surface area contributed by atoms with E-state index >= 15 is 0 Å². The molecule has 168 valence electrons. The predicted molar refractivity (Wildman–Crippen MR) is 121 cm³/mol. The average molecular weight is 437 g/mol. The Balaban J connectivity index is 1.50. The van der Waals surface area contributed by atoms with Crippen molar-refractivity contribution < 1.29 is 24.2 Å². The third kappa shape index (κ3) is 5.55. The Morgan fingerprint density at radius 3 is 2.22 bits per heavy atom. The van der Waals surface area contributed by atoms with E-state index in [0.717, 1.165) is 22.3 Å². The smallest absolute Gasteiger partial charge is 0.407 e. The van der Waals surface area contributed by atoms with Crippen LogP contribution in [0.1, 0.15) is 37.3 Å². The highest BCUT2D eigenvalue weighted by Crippen LogP contribution is 2.44. The Hall–Kier alpha value is -3.61. The summed E-state index contributed by atoms with van der Waals surface area (Å²) in [6.07, 6.45) is 2.19. The molecule has 1 aliphatic rings. The number of hydrogen-bond acceptors (Lipinski definition) is 4. The van der Waals surface area contributed by atoms with Crippen LogP contribution in [0, 0.1) is 0 Å². The lowest BCUT2D eigenvalue weighted by Gasteiger charge is -2.24. The molecular weight excluding hydrogens is 408 g/mol. The number of aliphatic carboxylic acids is 1. The van der Waals surface area contributed by atoms with E-state index in [-0.39, 0.29) is 44.0 Å². The van der Waals surface area contributed by atoms with Gasteiger partial charge in [-0.3, -0.25) is 9.59 Å². The lowest BCUT2D eigenvalue weighted by Crippen LogP contribution is -2.37. The number of carboxylic acids is 1. The van der Waals surface area contributed by atoms with Crippen LogP contribution in [0.3, 0.4) is 0 Å². The molecule has 0 saturated carbocycles. The highest BCUT2D eigenvalue weighted by molar-refractivity contribution is 5.88. The van der Waals surface area contributed by atoms with Crippen molar-refractivity contribution in [3.05, 3.63) is 71.8 Å². The third-order valence-corrected chi connectivity index (χ3v) is 5.44. The van der Waals surface area contributed by atoms with Crippen LogP contribution < -0.4 is 5.32 Å². The molecule has 0 unspecified atom stereocenters. The van der Waals surface area contributed by atoms with Gasteiger partial charge in [0.2, 0.25) is 5.91 Å². The molecule has 0 aromatic heterocycles. The second-order valence-corrected chi connectivity index (χ2v) is 7.88. The number of nitrogens with zero attached hydrogens (tertiary/aromatic N) is 1. The summed E-state index contributed by atoms with van der Waals surface area (Å²) in [5.41, 5.74) is 4.61. The van der Waals surface area contributed by atoms with Gasteiger partial charge in [-0.1, -0.05) is 54.6 Å².